The molecule has 0 aliphatic rings. The molecule has 0 aromatic carbocycles. The van der Waals surface area contributed by atoms with Crippen molar-refractivity contribution in [1.82, 2.24) is 9.80 Å². The molecule has 78 valence electrons. The highest BCUT2D eigenvalue weighted by molar-refractivity contribution is 5.77. The minimum atomic E-state index is 0.0451. The zero-order valence-electron chi connectivity index (χ0n) is 8.92. The maximum Gasteiger partial charge on any atom is 0.236 e. The Morgan fingerprint density at radius 1 is 1.23 bits per heavy atom. The molecule has 0 spiro atoms. The molecule has 0 saturated heterocycles. The van der Waals surface area contributed by atoms with Gasteiger partial charge in [-0.3, -0.25) is 4.79 Å². The first-order valence-electron chi connectivity index (χ1n) is 4.74. The summed E-state index contributed by atoms with van der Waals surface area (Å²) < 4.78 is 0. The van der Waals surface area contributed by atoms with Crippen LogP contribution >= 0.6 is 0 Å². The van der Waals surface area contributed by atoms with Crippen LogP contribution in [0.1, 0.15) is 13.3 Å². The summed E-state index contributed by atoms with van der Waals surface area (Å²) in [6.07, 6.45) is 0.985. The van der Waals surface area contributed by atoms with E-state index in [0.29, 0.717) is 0 Å². The largest absolute Gasteiger partial charge is 0.340 e. The molecule has 0 heterocycles. The Bertz CT molecular complexity index is 148. The molecule has 2 N–H and O–H groups in total. The van der Waals surface area contributed by atoms with Crippen molar-refractivity contribution in [3.8, 4) is 0 Å². The number of likely N-dealkylation sites (N-methyl/N-ethyl adjacent to an activating group) is 1. The first-order valence-corrected chi connectivity index (χ1v) is 4.74. The number of hydrogen-bond donors (Lipinski definition) is 1. The Hall–Kier alpha value is -0.610. The molecule has 13 heavy (non-hydrogen) atoms. The molecule has 1 amide bonds. The molecule has 0 aromatic heterocycles. The fourth-order valence-corrected chi connectivity index (χ4v) is 1.08. The lowest BCUT2D eigenvalue weighted by Crippen LogP contribution is -2.40. The predicted molar refractivity (Wildman–Crippen MR) is 54.5 cm³/mol. The first kappa shape index (κ1) is 12.4. The summed E-state index contributed by atoms with van der Waals surface area (Å²) in [7, 11) is 3.99. The first-order chi connectivity index (χ1) is 6.11. The third kappa shape index (κ3) is 5.60. The van der Waals surface area contributed by atoms with Crippen LogP contribution in [-0.2, 0) is 4.79 Å². The fourth-order valence-electron chi connectivity index (χ4n) is 1.08. The fraction of sp³-hybridized carbons (Fsp3) is 0.889. The minimum absolute atomic E-state index is 0.0451. The van der Waals surface area contributed by atoms with Gasteiger partial charge in [-0.05, 0) is 20.5 Å². The predicted octanol–water partition coefficient (Wildman–Crippen LogP) is -0.255. The zero-order chi connectivity index (χ0) is 10.3. The molecule has 0 aliphatic heterocycles. The van der Waals surface area contributed by atoms with Crippen LogP contribution in [0.15, 0.2) is 0 Å². The number of nitrogens with zero attached hydrogens (tertiary/aromatic N) is 2. The van der Waals surface area contributed by atoms with Gasteiger partial charge in [-0.15, -0.1) is 0 Å². The van der Waals surface area contributed by atoms with E-state index >= 15 is 0 Å². The molecule has 0 aliphatic carbocycles. The second-order valence-corrected chi connectivity index (χ2v) is 3.39. The van der Waals surface area contributed by atoms with Gasteiger partial charge in [0.25, 0.3) is 0 Å². The van der Waals surface area contributed by atoms with Crippen LogP contribution in [0.2, 0.25) is 0 Å². The topological polar surface area (TPSA) is 49.6 Å². The zero-order valence-corrected chi connectivity index (χ0v) is 8.92. The van der Waals surface area contributed by atoms with E-state index in [4.69, 9.17) is 5.73 Å². The summed E-state index contributed by atoms with van der Waals surface area (Å²) in [5.74, 6) is 0.0451. The summed E-state index contributed by atoms with van der Waals surface area (Å²) in [4.78, 5) is 15.2. The Morgan fingerprint density at radius 3 is 2.23 bits per heavy atom. The van der Waals surface area contributed by atoms with E-state index in [1.807, 2.05) is 19.0 Å². The highest BCUT2D eigenvalue weighted by Crippen LogP contribution is 1.92. The molecular formula is C9H21N3O. The molecule has 0 aromatic rings. The van der Waals surface area contributed by atoms with E-state index in [9.17, 15) is 4.79 Å². The van der Waals surface area contributed by atoms with Gasteiger partial charge < -0.3 is 15.5 Å². The van der Waals surface area contributed by atoms with Crippen LogP contribution in [0.3, 0.4) is 0 Å². The lowest BCUT2D eigenvalue weighted by atomic mass is 10.3. The maximum absolute atomic E-state index is 11.3. The number of amides is 1. The van der Waals surface area contributed by atoms with Crippen LogP contribution in [0.4, 0.5) is 0 Å². The molecule has 0 atom stereocenters. The van der Waals surface area contributed by atoms with Gasteiger partial charge in [0.2, 0.25) is 5.91 Å². The normalized spacial score (nSPS) is 10.5. The highest BCUT2D eigenvalue weighted by atomic mass is 16.2. The van der Waals surface area contributed by atoms with Gasteiger partial charge in [-0.1, -0.05) is 6.92 Å². The van der Waals surface area contributed by atoms with Crippen molar-refractivity contribution < 1.29 is 4.79 Å². The lowest BCUT2D eigenvalue weighted by molar-refractivity contribution is -0.129. The van der Waals surface area contributed by atoms with Crippen LogP contribution in [0.25, 0.3) is 0 Å². The van der Waals surface area contributed by atoms with Crippen molar-refractivity contribution in [1.29, 1.82) is 0 Å². The molecule has 4 heteroatoms. The maximum atomic E-state index is 11.3. The Morgan fingerprint density at radius 2 is 1.85 bits per heavy atom. The third-order valence-electron chi connectivity index (χ3n) is 1.84. The second-order valence-electron chi connectivity index (χ2n) is 3.39. The van der Waals surface area contributed by atoms with Gasteiger partial charge in [-0.2, -0.15) is 0 Å². The Labute approximate surface area is 80.7 Å². The molecule has 0 rings (SSSR count). The summed E-state index contributed by atoms with van der Waals surface area (Å²) in [6.45, 7) is 4.66. The van der Waals surface area contributed by atoms with E-state index in [0.717, 1.165) is 26.1 Å². The van der Waals surface area contributed by atoms with Gasteiger partial charge in [0.15, 0.2) is 0 Å². The molecule has 4 nitrogen and oxygen atoms in total. The van der Waals surface area contributed by atoms with Gasteiger partial charge >= 0.3 is 0 Å². The number of carbonyl (C=O) groups is 1. The summed E-state index contributed by atoms with van der Waals surface area (Å²) in [6, 6.07) is 0. The summed E-state index contributed by atoms with van der Waals surface area (Å²) in [5, 5.41) is 0. The van der Waals surface area contributed by atoms with Crippen LogP contribution in [0, 0.1) is 0 Å². The Kier molecular flexibility index (Phi) is 6.54. The summed E-state index contributed by atoms with van der Waals surface area (Å²) in [5.41, 5.74) is 5.30. The van der Waals surface area contributed by atoms with Gasteiger partial charge in [0.05, 0.1) is 6.54 Å². The molecular weight excluding hydrogens is 166 g/mol. The number of nitrogens with two attached hydrogens (primary N) is 1. The second kappa shape index (κ2) is 6.86. The standard InChI is InChI=1S/C9H21N3O/c1-4-5-12(9(13)8-10)7-6-11(2)3/h4-8,10H2,1-3H3. The number of rotatable bonds is 6. The van der Waals surface area contributed by atoms with E-state index in [2.05, 4.69) is 11.8 Å². The molecule has 0 unspecified atom stereocenters. The quantitative estimate of drug-likeness (QED) is 0.623. The van der Waals surface area contributed by atoms with Crippen molar-refractivity contribution in [2.75, 3.05) is 40.3 Å². The van der Waals surface area contributed by atoms with E-state index in [-0.39, 0.29) is 12.5 Å². The smallest absolute Gasteiger partial charge is 0.236 e. The lowest BCUT2D eigenvalue weighted by Gasteiger charge is -2.23. The number of carbonyl (C=O) groups excluding carboxylic acids is 1. The van der Waals surface area contributed by atoms with Crippen molar-refractivity contribution in [3.63, 3.8) is 0 Å². The van der Waals surface area contributed by atoms with Crippen molar-refractivity contribution in [2.24, 2.45) is 5.73 Å². The van der Waals surface area contributed by atoms with Crippen LogP contribution < -0.4 is 5.73 Å². The SMILES string of the molecule is CCCN(CCN(C)C)C(=O)CN. The average Bonchev–Trinajstić information content (AvgIpc) is 2.10. The van der Waals surface area contributed by atoms with E-state index < -0.39 is 0 Å². The third-order valence-corrected chi connectivity index (χ3v) is 1.84. The van der Waals surface area contributed by atoms with E-state index in [1.54, 1.807) is 0 Å². The van der Waals surface area contributed by atoms with Gasteiger partial charge in [-0.25, -0.2) is 0 Å². The minimum Gasteiger partial charge on any atom is -0.340 e. The van der Waals surface area contributed by atoms with Gasteiger partial charge in [0.1, 0.15) is 0 Å². The monoisotopic (exact) mass is 187 g/mol. The van der Waals surface area contributed by atoms with E-state index in [1.165, 1.54) is 0 Å². The molecule has 0 saturated carbocycles. The summed E-state index contributed by atoms with van der Waals surface area (Å²) >= 11 is 0. The van der Waals surface area contributed by atoms with Crippen LogP contribution in [0.5, 0.6) is 0 Å². The van der Waals surface area contributed by atoms with Gasteiger partial charge in [0, 0.05) is 19.6 Å². The van der Waals surface area contributed by atoms with Crippen molar-refractivity contribution in [3.05, 3.63) is 0 Å². The molecule has 0 radical (unpaired) electrons. The number of hydrogen-bond acceptors (Lipinski definition) is 3. The highest BCUT2D eigenvalue weighted by Gasteiger charge is 2.09. The van der Waals surface area contributed by atoms with Crippen molar-refractivity contribution >= 4 is 5.91 Å². The average molecular weight is 187 g/mol. The molecule has 0 fully saturated rings. The van der Waals surface area contributed by atoms with Crippen LogP contribution in [-0.4, -0.2) is 56.0 Å². The molecule has 0 bridgehead atoms. The Balaban J connectivity index is 3.86. The van der Waals surface area contributed by atoms with Crippen molar-refractivity contribution in [2.45, 2.75) is 13.3 Å².